The van der Waals surface area contributed by atoms with Crippen LogP contribution in [-0.2, 0) is 38.0 Å². The van der Waals surface area contributed by atoms with E-state index in [1.165, 1.54) is 77.0 Å². The van der Waals surface area contributed by atoms with Gasteiger partial charge >= 0.3 is 18.1 Å². The fourth-order valence-electron chi connectivity index (χ4n) is 6.93. The van der Waals surface area contributed by atoms with Crippen molar-refractivity contribution in [2.24, 2.45) is 5.92 Å². The fraction of sp³-hybridized carbons (Fsp3) is 0.857. The molecule has 1 saturated heterocycles. The molecule has 1 heterocycles. The second kappa shape index (κ2) is 42.3. The van der Waals surface area contributed by atoms with Gasteiger partial charge in [0.2, 0.25) is 0 Å². The van der Waals surface area contributed by atoms with Crippen molar-refractivity contribution in [2.45, 2.75) is 207 Å². The van der Waals surface area contributed by atoms with Crippen molar-refractivity contribution in [1.29, 1.82) is 0 Å². The van der Waals surface area contributed by atoms with Crippen molar-refractivity contribution in [3.63, 3.8) is 0 Å². The Bertz CT molecular complexity index is 1010. The predicted molar refractivity (Wildman–Crippen MR) is 239 cm³/mol. The maximum Gasteiger partial charge on any atom is 0.508 e. The lowest BCUT2D eigenvalue weighted by Crippen LogP contribution is -2.28. The van der Waals surface area contributed by atoms with Crippen LogP contribution in [0.15, 0.2) is 24.3 Å². The van der Waals surface area contributed by atoms with E-state index in [-0.39, 0.29) is 38.8 Å². The molecule has 344 valence electrons. The Hall–Kier alpha value is -2.43. The predicted octanol–water partition coefficient (Wildman–Crippen LogP) is 12.6. The number of hydrogen-bond acceptors (Lipinski definition) is 10. The second-order valence-corrected chi connectivity index (χ2v) is 16.4. The van der Waals surface area contributed by atoms with Gasteiger partial charge in [-0.15, -0.1) is 0 Å². The molecular weight excluding hydrogens is 747 g/mol. The number of rotatable bonds is 42. The van der Waals surface area contributed by atoms with Crippen LogP contribution in [0.4, 0.5) is 4.79 Å². The molecule has 1 aliphatic rings. The van der Waals surface area contributed by atoms with E-state index in [1.54, 1.807) is 0 Å². The molecule has 0 spiro atoms. The number of allylic oxidation sites excluding steroid dienone is 4. The van der Waals surface area contributed by atoms with Crippen LogP contribution in [-0.4, -0.2) is 88.6 Å². The second-order valence-electron chi connectivity index (χ2n) is 16.4. The minimum Gasteiger partial charge on any atom is -0.465 e. The van der Waals surface area contributed by atoms with Crippen LogP contribution in [0, 0.1) is 5.92 Å². The highest BCUT2D eigenvalue weighted by atomic mass is 16.7. The molecule has 1 rings (SSSR count). The number of ether oxygens (including phenoxy) is 6. The molecule has 0 aromatic rings. The largest absolute Gasteiger partial charge is 0.508 e. The molecule has 1 fully saturated rings. The van der Waals surface area contributed by atoms with Crippen LogP contribution >= 0.6 is 0 Å². The number of carbonyl (C=O) groups is 3. The summed E-state index contributed by atoms with van der Waals surface area (Å²) >= 11 is 0. The SMILES string of the molecule is CCCCC/C=C\C/C=C\CCCCCCCC(=O)OCC(COC(=O)CCC(OCCCCCCCC)OCCCCCCCC)COC(=O)OCCN1CCCC1. The lowest BCUT2D eigenvalue weighted by atomic mass is 10.1. The van der Waals surface area contributed by atoms with Gasteiger partial charge in [-0.25, -0.2) is 4.79 Å². The van der Waals surface area contributed by atoms with Crippen LogP contribution in [0.3, 0.4) is 0 Å². The average molecular weight is 836 g/mol. The Kier molecular flexibility index (Phi) is 39.1. The number of esters is 2. The molecule has 0 saturated carbocycles. The Morgan fingerprint density at radius 2 is 0.983 bits per heavy atom. The summed E-state index contributed by atoms with van der Waals surface area (Å²) in [5.41, 5.74) is 0. The Morgan fingerprint density at radius 3 is 1.58 bits per heavy atom. The molecule has 10 nitrogen and oxygen atoms in total. The van der Waals surface area contributed by atoms with Crippen molar-refractivity contribution in [3.05, 3.63) is 24.3 Å². The minimum absolute atomic E-state index is 0.0151. The summed E-state index contributed by atoms with van der Waals surface area (Å²) < 4.78 is 34.1. The van der Waals surface area contributed by atoms with Crippen molar-refractivity contribution in [2.75, 3.05) is 59.3 Å². The number of likely N-dealkylation sites (tertiary alicyclic amines) is 1. The van der Waals surface area contributed by atoms with E-state index in [9.17, 15) is 14.4 Å². The quantitative estimate of drug-likeness (QED) is 0.0194. The molecule has 1 unspecified atom stereocenters. The van der Waals surface area contributed by atoms with Crippen molar-refractivity contribution in [3.8, 4) is 0 Å². The van der Waals surface area contributed by atoms with E-state index < -0.39 is 24.3 Å². The van der Waals surface area contributed by atoms with Crippen LogP contribution in [0.2, 0.25) is 0 Å². The third-order valence-electron chi connectivity index (χ3n) is 10.7. The molecule has 59 heavy (non-hydrogen) atoms. The monoisotopic (exact) mass is 836 g/mol. The zero-order chi connectivity index (χ0) is 42.7. The van der Waals surface area contributed by atoms with E-state index >= 15 is 0 Å². The summed E-state index contributed by atoms with van der Waals surface area (Å²) in [5, 5.41) is 0. The zero-order valence-electron chi connectivity index (χ0n) is 38.2. The molecule has 1 aliphatic heterocycles. The van der Waals surface area contributed by atoms with Crippen LogP contribution < -0.4 is 0 Å². The molecule has 0 bridgehead atoms. The summed E-state index contributed by atoms with van der Waals surface area (Å²) in [6, 6.07) is 0. The summed E-state index contributed by atoms with van der Waals surface area (Å²) in [6.45, 7) is 10.7. The maximum absolute atomic E-state index is 12.9. The van der Waals surface area contributed by atoms with E-state index in [1.807, 2.05) is 0 Å². The van der Waals surface area contributed by atoms with Crippen molar-refractivity contribution >= 4 is 18.1 Å². The number of carbonyl (C=O) groups excluding carboxylic acids is 3. The van der Waals surface area contributed by atoms with Crippen LogP contribution in [0.25, 0.3) is 0 Å². The summed E-state index contributed by atoms with van der Waals surface area (Å²) in [7, 11) is 0. The number of unbranched alkanes of at least 4 members (excludes halogenated alkanes) is 18. The van der Waals surface area contributed by atoms with Gasteiger partial charge in [-0.05, 0) is 77.3 Å². The molecule has 0 radical (unpaired) electrons. The minimum atomic E-state index is -0.773. The molecule has 0 aromatic carbocycles. The highest BCUT2D eigenvalue weighted by molar-refractivity contribution is 5.69. The lowest BCUT2D eigenvalue weighted by molar-refractivity contribution is -0.161. The highest BCUT2D eigenvalue weighted by Crippen LogP contribution is 2.14. The fourth-order valence-corrected chi connectivity index (χ4v) is 6.93. The Morgan fingerprint density at radius 1 is 0.508 bits per heavy atom. The van der Waals surface area contributed by atoms with Gasteiger partial charge < -0.3 is 28.4 Å². The van der Waals surface area contributed by atoms with Gasteiger partial charge in [0.25, 0.3) is 0 Å². The van der Waals surface area contributed by atoms with Gasteiger partial charge in [-0.3, -0.25) is 14.5 Å². The van der Waals surface area contributed by atoms with Gasteiger partial charge in [-0.2, -0.15) is 0 Å². The van der Waals surface area contributed by atoms with Gasteiger partial charge in [0.1, 0.15) is 26.4 Å². The van der Waals surface area contributed by atoms with Gasteiger partial charge in [0, 0.05) is 32.6 Å². The number of hydrogen-bond donors (Lipinski definition) is 0. The lowest BCUT2D eigenvalue weighted by Gasteiger charge is -2.20. The molecule has 1 atom stereocenters. The first-order valence-electron chi connectivity index (χ1n) is 24.3. The average Bonchev–Trinajstić information content (AvgIpc) is 3.76. The number of nitrogens with zero attached hydrogens (tertiary/aromatic N) is 1. The van der Waals surface area contributed by atoms with E-state index in [0.29, 0.717) is 32.6 Å². The van der Waals surface area contributed by atoms with Gasteiger partial charge in [0.05, 0.1) is 12.3 Å². The Labute approximate surface area is 361 Å². The summed E-state index contributed by atoms with van der Waals surface area (Å²) in [5.74, 6) is -1.20. The highest BCUT2D eigenvalue weighted by Gasteiger charge is 2.20. The molecule has 0 aromatic heterocycles. The smallest absolute Gasteiger partial charge is 0.465 e. The van der Waals surface area contributed by atoms with Gasteiger partial charge in [0.15, 0.2) is 6.29 Å². The summed E-state index contributed by atoms with van der Waals surface area (Å²) in [6.07, 6.45) is 37.4. The first kappa shape index (κ1) is 54.6. The van der Waals surface area contributed by atoms with Crippen LogP contribution in [0.5, 0.6) is 0 Å². The van der Waals surface area contributed by atoms with Gasteiger partial charge in [-0.1, -0.05) is 141 Å². The van der Waals surface area contributed by atoms with E-state index in [2.05, 4.69) is 50.0 Å². The first-order chi connectivity index (χ1) is 29.0. The molecule has 0 amide bonds. The standard InChI is InChI=1S/C49H89NO9/c1-4-7-10-13-16-17-18-19-20-21-22-23-24-25-28-33-46(51)57-42-45(44-59-49(53)56-41-38-50-36-29-30-37-50)43-58-47(52)34-35-48(54-39-31-26-14-11-8-5-2)55-40-32-27-15-12-9-6-3/h16-17,19-20,45,48H,4-15,18,21-44H2,1-3H3/b17-16-,20-19-. The maximum atomic E-state index is 12.9. The molecule has 10 heteroatoms. The third-order valence-corrected chi connectivity index (χ3v) is 10.7. The van der Waals surface area contributed by atoms with Crippen molar-refractivity contribution in [1.82, 2.24) is 4.90 Å². The normalized spacial score (nSPS) is 13.8. The van der Waals surface area contributed by atoms with Crippen molar-refractivity contribution < 1.29 is 42.8 Å². The molecular formula is C49H89NO9. The third kappa shape index (κ3) is 37.1. The summed E-state index contributed by atoms with van der Waals surface area (Å²) in [4.78, 5) is 40.2. The van der Waals surface area contributed by atoms with E-state index in [4.69, 9.17) is 28.4 Å². The molecule has 0 N–H and O–H groups in total. The topological polar surface area (TPSA) is 110 Å². The zero-order valence-corrected chi connectivity index (χ0v) is 38.2. The van der Waals surface area contributed by atoms with E-state index in [0.717, 1.165) is 96.6 Å². The molecule has 0 aliphatic carbocycles. The van der Waals surface area contributed by atoms with Crippen LogP contribution in [0.1, 0.15) is 201 Å². The Balaban J connectivity index is 2.49. The first-order valence-corrected chi connectivity index (χ1v) is 24.3.